The van der Waals surface area contributed by atoms with Crippen LogP contribution in [-0.4, -0.2) is 64.6 Å². The highest BCUT2D eigenvalue weighted by atomic mass is 32.1. The number of aromatic nitrogens is 1. The Labute approximate surface area is 137 Å². The van der Waals surface area contributed by atoms with Gasteiger partial charge in [0.2, 0.25) is 5.91 Å². The molecule has 1 fully saturated rings. The minimum absolute atomic E-state index is 0.0403. The van der Waals surface area contributed by atoms with Gasteiger partial charge in [-0.25, -0.2) is 4.98 Å². The molecule has 1 aliphatic rings. The third-order valence-corrected chi connectivity index (χ3v) is 5.09. The summed E-state index contributed by atoms with van der Waals surface area (Å²) < 4.78 is 0. The van der Waals surface area contributed by atoms with Gasteiger partial charge in [-0.15, -0.1) is 11.3 Å². The number of carbonyl (C=O) groups is 1. The number of aliphatic hydroxyl groups excluding tert-OH is 1. The molecule has 124 valence electrons. The first-order valence-electron chi connectivity index (χ1n) is 7.89. The summed E-state index contributed by atoms with van der Waals surface area (Å²) in [5, 5.41) is 12.5. The van der Waals surface area contributed by atoms with E-state index < -0.39 is 0 Å². The second kappa shape index (κ2) is 7.06. The zero-order valence-corrected chi connectivity index (χ0v) is 14.8. The van der Waals surface area contributed by atoms with Crippen LogP contribution in [0.5, 0.6) is 0 Å². The summed E-state index contributed by atoms with van der Waals surface area (Å²) in [6, 6.07) is 0. The van der Waals surface area contributed by atoms with E-state index >= 15 is 0 Å². The minimum atomic E-state index is -0.312. The molecular weight excluding hydrogens is 298 g/mol. The topological polar surface area (TPSA) is 56.7 Å². The Kier molecular flexibility index (Phi) is 5.58. The molecule has 22 heavy (non-hydrogen) atoms. The molecule has 1 saturated heterocycles. The fourth-order valence-corrected chi connectivity index (χ4v) is 3.46. The Morgan fingerprint density at radius 1 is 1.36 bits per heavy atom. The highest BCUT2D eigenvalue weighted by Crippen LogP contribution is 2.25. The Balaban J connectivity index is 1.85. The van der Waals surface area contributed by atoms with Crippen molar-refractivity contribution < 1.29 is 9.90 Å². The number of hydrogen-bond acceptors (Lipinski definition) is 5. The van der Waals surface area contributed by atoms with Crippen LogP contribution >= 0.6 is 11.3 Å². The van der Waals surface area contributed by atoms with Crippen molar-refractivity contribution in [1.82, 2.24) is 14.8 Å². The van der Waals surface area contributed by atoms with E-state index in [0.717, 1.165) is 36.9 Å². The number of hydrogen-bond donors (Lipinski definition) is 1. The van der Waals surface area contributed by atoms with Gasteiger partial charge < -0.3 is 10.0 Å². The van der Waals surface area contributed by atoms with Crippen molar-refractivity contribution >= 4 is 17.2 Å². The number of nitrogens with zero attached hydrogens (tertiary/aromatic N) is 3. The molecule has 2 heterocycles. The van der Waals surface area contributed by atoms with Crippen LogP contribution in [0, 0.1) is 0 Å². The van der Waals surface area contributed by atoms with Crippen molar-refractivity contribution in [2.45, 2.75) is 45.6 Å². The molecule has 1 amide bonds. The van der Waals surface area contributed by atoms with Crippen molar-refractivity contribution in [3.05, 3.63) is 16.1 Å². The number of β-amino-alcohol motifs (C(OH)–C–C–N with tert-alkyl or cyclic N) is 1. The smallest absolute Gasteiger partial charge is 0.228 e. The first kappa shape index (κ1) is 17.4. The van der Waals surface area contributed by atoms with Gasteiger partial charge in [-0.05, 0) is 6.92 Å². The van der Waals surface area contributed by atoms with Gasteiger partial charge >= 0.3 is 0 Å². The van der Waals surface area contributed by atoms with Gasteiger partial charge in [0.25, 0.3) is 0 Å². The first-order valence-corrected chi connectivity index (χ1v) is 8.77. The van der Waals surface area contributed by atoms with Crippen LogP contribution in [0.4, 0.5) is 0 Å². The molecule has 1 atom stereocenters. The number of piperazine rings is 1. The van der Waals surface area contributed by atoms with E-state index in [0.29, 0.717) is 13.0 Å². The summed E-state index contributed by atoms with van der Waals surface area (Å²) in [5.74, 6) is 0.155. The van der Waals surface area contributed by atoms with Crippen molar-refractivity contribution in [1.29, 1.82) is 0 Å². The van der Waals surface area contributed by atoms with Crippen LogP contribution < -0.4 is 0 Å². The fraction of sp³-hybridized carbons (Fsp3) is 0.750. The van der Waals surface area contributed by atoms with Crippen LogP contribution in [0.2, 0.25) is 0 Å². The molecule has 0 aliphatic carbocycles. The lowest BCUT2D eigenvalue weighted by atomic mass is 9.98. The highest BCUT2D eigenvalue weighted by Gasteiger charge is 2.23. The van der Waals surface area contributed by atoms with Gasteiger partial charge in [0.15, 0.2) is 0 Å². The van der Waals surface area contributed by atoms with Crippen molar-refractivity contribution in [3.63, 3.8) is 0 Å². The van der Waals surface area contributed by atoms with Crippen LogP contribution in [0.1, 0.15) is 38.4 Å². The SMILES string of the molecule is CC(O)CN1CCN(C(=O)Cc2csc(C(C)(C)C)n2)CC1. The van der Waals surface area contributed by atoms with Crippen molar-refractivity contribution in [2.24, 2.45) is 0 Å². The lowest BCUT2D eigenvalue weighted by Crippen LogP contribution is -2.50. The summed E-state index contributed by atoms with van der Waals surface area (Å²) in [7, 11) is 0. The molecule has 0 bridgehead atoms. The quantitative estimate of drug-likeness (QED) is 0.912. The molecule has 1 aliphatic heterocycles. The predicted octanol–water partition coefficient (Wildman–Crippen LogP) is 1.51. The lowest BCUT2D eigenvalue weighted by molar-refractivity contribution is -0.132. The fourth-order valence-electron chi connectivity index (χ4n) is 2.55. The average Bonchev–Trinajstić information content (AvgIpc) is 2.87. The van der Waals surface area contributed by atoms with Gasteiger partial charge in [0.1, 0.15) is 0 Å². The van der Waals surface area contributed by atoms with E-state index in [1.807, 2.05) is 10.3 Å². The monoisotopic (exact) mass is 325 g/mol. The molecule has 5 nitrogen and oxygen atoms in total. The Morgan fingerprint density at radius 3 is 2.50 bits per heavy atom. The van der Waals surface area contributed by atoms with E-state index in [1.54, 1.807) is 18.3 Å². The van der Waals surface area contributed by atoms with E-state index in [2.05, 4.69) is 30.7 Å². The molecule has 6 heteroatoms. The van der Waals surface area contributed by atoms with Crippen molar-refractivity contribution in [2.75, 3.05) is 32.7 Å². The molecule has 0 aromatic carbocycles. The minimum Gasteiger partial charge on any atom is -0.392 e. The second-order valence-electron chi connectivity index (χ2n) is 7.10. The van der Waals surface area contributed by atoms with Gasteiger partial charge in [0, 0.05) is 43.5 Å². The van der Waals surface area contributed by atoms with Crippen LogP contribution in [-0.2, 0) is 16.6 Å². The Bertz CT molecular complexity index is 500. The molecule has 1 N–H and O–H groups in total. The average molecular weight is 325 g/mol. The normalized spacial score (nSPS) is 18.5. The largest absolute Gasteiger partial charge is 0.392 e. The summed E-state index contributed by atoms with van der Waals surface area (Å²) in [5.41, 5.74) is 0.921. The predicted molar refractivity (Wildman–Crippen MR) is 89.2 cm³/mol. The molecule has 2 rings (SSSR count). The molecule has 1 aromatic heterocycles. The van der Waals surface area contributed by atoms with Crippen molar-refractivity contribution in [3.8, 4) is 0 Å². The second-order valence-corrected chi connectivity index (χ2v) is 7.96. The highest BCUT2D eigenvalue weighted by molar-refractivity contribution is 7.09. The first-order chi connectivity index (χ1) is 10.3. The lowest BCUT2D eigenvalue weighted by Gasteiger charge is -2.35. The van der Waals surface area contributed by atoms with Crippen LogP contribution in [0.15, 0.2) is 5.38 Å². The van der Waals surface area contributed by atoms with E-state index in [4.69, 9.17) is 0 Å². The van der Waals surface area contributed by atoms with E-state index in [9.17, 15) is 9.90 Å². The summed E-state index contributed by atoms with van der Waals surface area (Å²) >= 11 is 1.63. The third-order valence-electron chi connectivity index (χ3n) is 3.77. The third kappa shape index (κ3) is 4.76. The van der Waals surface area contributed by atoms with Gasteiger partial charge in [-0.3, -0.25) is 9.69 Å². The van der Waals surface area contributed by atoms with Crippen LogP contribution in [0.25, 0.3) is 0 Å². The molecule has 0 saturated carbocycles. The maximum absolute atomic E-state index is 12.4. The standard InChI is InChI=1S/C16H27N3O2S/c1-12(20)10-18-5-7-19(8-6-18)14(21)9-13-11-22-15(17-13)16(2,3)4/h11-12,20H,5-10H2,1-4H3. The summed E-state index contributed by atoms with van der Waals surface area (Å²) in [4.78, 5) is 21.1. The maximum Gasteiger partial charge on any atom is 0.228 e. The number of carbonyl (C=O) groups excluding carboxylic acids is 1. The molecule has 0 radical (unpaired) electrons. The van der Waals surface area contributed by atoms with Gasteiger partial charge in [0.05, 0.1) is 23.2 Å². The number of amides is 1. The zero-order chi connectivity index (χ0) is 16.3. The van der Waals surface area contributed by atoms with Gasteiger partial charge in [-0.1, -0.05) is 20.8 Å². The Hall–Kier alpha value is -0.980. The van der Waals surface area contributed by atoms with E-state index in [1.165, 1.54) is 0 Å². The molecule has 1 aromatic rings. The Morgan fingerprint density at radius 2 is 2.00 bits per heavy atom. The number of rotatable bonds is 4. The number of thiazole rings is 1. The molecule has 1 unspecified atom stereocenters. The van der Waals surface area contributed by atoms with Crippen LogP contribution in [0.3, 0.4) is 0 Å². The summed E-state index contributed by atoms with van der Waals surface area (Å²) in [6.07, 6.45) is 0.0799. The zero-order valence-electron chi connectivity index (χ0n) is 14.0. The molecular formula is C16H27N3O2S. The van der Waals surface area contributed by atoms with E-state index in [-0.39, 0.29) is 17.4 Å². The molecule has 0 spiro atoms. The maximum atomic E-state index is 12.4. The number of aliphatic hydroxyl groups is 1. The summed E-state index contributed by atoms with van der Waals surface area (Å²) in [6.45, 7) is 12.0. The van der Waals surface area contributed by atoms with Gasteiger partial charge in [-0.2, -0.15) is 0 Å².